The lowest BCUT2D eigenvalue weighted by molar-refractivity contribution is -0.137. The van der Waals surface area contributed by atoms with Crippen LogP contribution in [0.1, 0.15) is 62.1 Å². The van der Waals surface area contributed by atoms with Crippen LogP contribution in [0.4, 0.5) is 10.5 Å². The number of unbranched alkanes of at least 4 members (excludes halogenated alkanes) is 1. The number of hydrazone groups is 1. The van der Waals surface area contributed by atoms with Gasteiger partial charge in [0.05, 0.1) is 5.71 Å². The van der Waals surface area contributed by atoms with Crippen molar-refractivity contribution in [1.82, 2.24) is 35.7 Å². The molecule has 0 bridgehead atoms. The van der Waals surface area contributed by atoms with E-state index in [9.17, 15) is 33.6 Å². The van der Waals surface area contributed by atoms with E-state index in [1.165, 1.54) is 38.7 Å². The number of nitrogens with one attached hydrogen (secondary N) is 4. The number of aromatic nitrogens is 1. The second-order valence-electron chi connectivity index (χ2n) is 13.4. The van der Waals surface area contributed by atoms with Crippen LogP contribution in [0.25, 0.3) is 0 Å². The van der Waals surface area contributed by atoms with Crippen LogP contribution in [0.5, 0.6) is 0 Å². The quantitative estimate of drug-likeness (QED) is 0.0876. The summed E-state index contributed by atoms with van der Waals surface area (Å²) in [5.74, 6) is -0.284. The molecule has 8 amide bonds. The van der Waals surface area contributed by atoms with Crippen LogP contribution in [-0.4, -0.2) is 111 Å². The van der Waals surface area contributed by atoms with Crippen LogP contribution in [0.2, 0.25) is 0 Å². The zero-order valence-electron chi connectivity index (χ0n) is 31.3. The number of carbonyl (C=O) groups is 7. The fraction of sp³-hybridized carbons (Fsp3) is 0.447. The molecular formula is C38H47N9O7S2. The zero-order valence-corrected chi connectivity index (χ0v) is 32.9. The van der Waals surface area contributed by atoms with Crippen LogP contribution in [0.15, 0.2) is 60.0 Å². The van der Waals surface area contributed by atoms with E-state index in [1.807, 2.05) is 37.3 Å². The number of anilines is 1. The summed E-state index contributed by atoms with van der Waals surface area (Å²) in [6.45, 7) is 4.50. The molecule has 56 heavy (non-hydrogen) atoms. The van der Waals surface area contributed by atoms with Gasteiger partial charge >= 0.3 is 6.03 Å². The molecular weight excluding hydrogens is 759 g/mol. The first kappa shape index (κ1) is 41.9. The molecule has 1 unspecified atom stereocenters. The van der Waals surface area contributed by atoms with E-state index in [0.29, 0.717) is 75.5 Å². The Morgan fingerprint density at radius 1 is 0.768 bits per heavy atom. The molecule has 18 heteroatoms. The number of rotatable bonds is 20. The van der Waals surface area contributed by atoms with E-state index in [-0.39, 0.29) is 61.6 Å². The Hall–Kier alpha value is -5.23. The standard InChI is InChI=1S/C38H47N9O7S2/c1-26-22-36(53)47(44-37(26)27-4-6-30(7-5-27)43-38(54)45-24-28-10-15-39-23-29(28)25-45)18-3-2-14-40-32(49)12-20-55-56-21-13-33(50)42-17-16-41-31(48)11-19-46-34(51)8-9-35(46)52/h4-10,15,23,26H,2-3,11-14,16-22,24-25H2,1H3,(H,40,49)(H,41,48)(H,42,50)(H,43,54). The highest BCUT2D eigenvalue weighted by Gasteiger charge is 2.28. The van der Waals surface area contributed by atoms with Gasteiger partial charge in [-0.25, -0.2) is 9.80 Å². The third-order valence-corrected chi connectivity index (χ3v) is 11.6. The molecule has 5 rings (SSSR count). The first-order valence-electron chi connectivity index (χ1n) is 18.6. The molecule has 4 N–H and O–H groups in total. The Morgan fingerprint density at radius 2 is 1.39 bits per heavy atom. The summed E-state index contributed by atoms with van der Waals surface area (Å²) in [5.41, 5.74) is 4.54. The van der Waals surface area contributed by atoms with Crippen LogP contribution in [-0.2, 0) is 41.9 Å². The molecule has 0 saturated carbocycles. The van der Waals surface area contributed by atoms with Gasteiger partial charge in [-0.05, 0) is 47.7 Å². The Morgan fingerprint density at radius 3 is 2.05 bits per heavy atom. The molecule has 1 aromatic heterocycles. The largest absolute Gasteiger partial charge is 0.356 e. The van der Waals surface area contributed by atoms with Crippen LogP contribution >= 0.6 is 21.6 Å². The highest BCUT2D eigenvalue weighted by molar-refractivity contribution is 8.76. The molecule has 298 valence electrons. The van der Waals surface area contributed by atoms with Crippen LogP contribution in [0, 0.1) is 5.92 Å². The van der Waals surface area contributed by atoms with Crippen LogP contribution in [0.3, 0.4) is 0 Å². The number of urea groups is 1. The summed E-state index contributed by atoms with van der Waals surface area (Å²) in [6, 6.07) is 9.26. The summed E-state index contributed by atoms with van der Waals surface area (Å²) in [7, 11) is 3.03. The fourth-order valence-corrected chi connectivity index (χ4v) is 8.07. The lowest BCUT2D eigenvalue weighted by Gasteiger charge is -2.28. The first-order chi connectivity index (χ1) is 27.1. The van der Waals surface area contributed by atoms with E-state index >= 15 is 0 Å². The lowest BCUT2D eigenvalue weighted by atomic mass is 9.93. The van der Waals surface area contributed by atoms with Crippen molar-refractivity contribution >= 4 is 74.5 Å². The third kappa shape index (κ3) is 12.7. The van der Waals surface area contributed by atoms with Gasteiger partial charge in [0, 0.05) is 119 Å². The molecule has 3 aliphatic heterocycles. The molecule has 1 atom stereocenters. The van der Waals surface area contributed by atoms with Gasteiger partial charge in [-0.1, -0.05) is 40.6 Å². The summed E-state index contributed by atoms with van der Waals surface area (Å²) < 4.78 is 0. The summed E-state index contributed by atoms with van der Waals surface area (Å²) in [6.07, 6.45) is 8.24. The minimum absolute atomic E-state index is 0.00629. The highest BCUT2D eigenvalue weighted by atomic mass is 33.1. The first-order valence-corrected chi connectivity index (χ1v) is 21.1. The molecule has 2 aromatic rings. The Labute approximate surface area is 333 Å². The topological polar surface area (TPSA) is 203 Å². The van der Waals surface area contributed by atoms with Gasteiger partial charge < -0.3 is 26.2 Å². The maximum Gasteiger partial charge on any atom is 0.322 e. The third-order valence-electron chi connectivity index (χ3n) is 9.17. The second-order valence-corrected chi connectivity index (χ2v) is 16.1. The smallest absolute Gasteiger partial charge is 0.322 e. The number of fused-ring (bicyclic) bond motifs is 1. The van der Waals surface area contributed by atoms with Gasteiger partial charge in [0.1, 0.15) is 0 Å². The van der Waals surface area contributed by atoms with Crippen molar-refractivity contribution in [2.24, 2.45) is 11.0 Å². The molecule has 0 saturated heterocycles. The van der Waals surface area contributed by atoms with Gasteiger partial charge in [-0.15, -0.1) is 0 Å². The van der Waals surface area contributed by atoms with Crippen molar-refractivity contribution in [3.63, 3.8) is 0 Å². The summed E-state index contributed by atoms with van der Waals surface area (Å²) in [5, 5.41) is 17.5. The minimum Gasteiger partial charge on any atom is -0.356 e. The number of amides is 8. The number of benzene rings is 1. The average Bonchev–Trinajstić information content (AvgIpc) is 3.77. The summed E-state index contributed by atoms with van der Waals surface area (Å²) in [4.78, 5) is 91.7. The van der Waals surface area contributed by atoms with Crippen LogP contribution < -0.4 is 21.3 Å². The normalized spacial score (nSPS) is 16.2. The van der Waals surface area contributed by atoms with E-state index in [1.54, 1.807) is 17.3 Å². The van der Waals surface area contributed by atoms with E-state index in [0.717, 1.165) is 27.3 Å². The highest BCUT2D eigenvalue weighted by Crippen LogP contribution is 2.25. The van der Waals surface area contributed by atoms with Crippen molar-refractivity contribution < 1.29 is 33.6 Å². The maximum atomic E-state index is 12.8. The van der Waals surface area contributed by atoms with Gasteiger partial charge in [0.15, 0.2) is 0 Å². The van der Waals surface area contributed by atoms with E-state index in [2.05, 4.69) is 26.3 Å². The Bertz CT molecular complexity index is 1800. The predicted octanol–water partition coefficient (Wildman–Crippen LogP) is 2.81. The number of hydrogen-bond donors (Lipinski definition) is 4. The van der Waals surface area contributed by atoms with Crippen molar-refractivity contribution in [3.05, 3.63) is 71.6 Å². The van der Waals surface area contributed by atoms with Gasteiger partial charge in [-0.3, -0.25) is 38.7 Å². The number of hydrogen-bond acceptors (Lipinski definition) is 11. The van der Waals surface area contributed by atoms with E-state index in [4.69, 9.17) is 5.10 Å². The number of pyridine rings is 1. The van der Waals surface area contributed by atoms with Crippen molar-refractivity contribution in [1.29, 1.82) is 0 Å². The molecule has 0 spiro atoms. The lowest BCUT2D eigenvalue weighted by Crippen LogP contribution is -2.37. The zero-order chi connectivity index (χ0) is 39.9. The van der Waals surface area contributed by atoms with Gasteiger partial charge in [-0.2, -0.15) is 5.10 Å². The average molecular weight is 806 g/mol. The summed E-state index contributed by atoms with van der Waals surface area (Å²) >= 11 is 0. The molecule has 4 heterocycles. The number of carbonyl (C=O) groups excluding carboxylic acids is 7. The fourth-order valence-electron chi connectivity index (χ4n) is 6.09. The van der Waals surface area contributed by atoms with Crippen molar-refractivity contribution in [2.45, 2.75) is 58.5 Å². The monoisotopic (exact) mass is 805 g/mol. The minimum atomic E-state index is -0.431. The number of nitrogens with zero attached hydrogens (tertiary/aromatic N) is 5. The van der Waals surface area contributed by atoms with Crippen molar-refractivity contribution in [3.8, 4) is 0 Å². The Kier molecular flexibility index (Phi) is 15.9. The molecule has 1 aromatic carbocycles. The second kappa shape index (κ2) is 21.2. The maximum absolute atomic E-state index is 12.8. The van der Waals surface area contributed by atoms with Gasteiger partial charge in [0.25, 0.3) is 11.8 Å². The molecule has 0 radical (unpaired) electrons. The molecule has 3 aliphatic rings. The molecule has 16 nitrogen and oxygen atoms in total. The molecule has 0 aliphatic carbocycles. The molecule has 0 fully saturated rings. The SMILES string of the molecule is CC1CC(=O)N(CCCCNC(=O)CCSSCCC(=O)NCCNC(=O)CCN2C(=O)C=CC2=O)N=C1c1ccc(NC(=O)N2Cc3ccncc3C2)cc1. The van der Waals surface area contributed by atoms with Crippen molar-refractivity contribution in [2.75, 3.05) is 49.5 Å². The van der Waals surface area contributed by atoms with Gasteiger partial charge in [0.2, 0.25) is 23.6 Å². The van der Waals surface area contributed by atoms with E-state index < -0.39 is 11.8 Å². The Balaban J connectivity index is 0.880. The predicted molar refractivity (Wildman–Crippen MR) is 214 cm³/mol. The number of imide groups is 1.